The highest BCUT2D eigenvalue weighted by molar-refractivity contribution is 7.09. The Hall–Kier alpha value is -3.52. The Morgan fingerprint density at radius 2 is 1.74 bits per heavy atom. The summed E-state index contributed by atoms with van der Waals surface area (Å²) in [7, 11) is 0. The van der Waals surface area contributed by atoms with Crippen LogP contribution in [0.25, 0.3) is 0 Å². The van der Waals surface area contributed by atoms with Gasteiger partial charge in [0.2, 0.25) is 5.91 Å². The van der Waals surface area contributed by atoms with E-state index in [1.807, 2.05) is 17.5 Å². The maximum absolute atomic E-state index is 13.2. The lowest BCUT2D eigenvalue weighted by Crippen LogP contribution is -2.39. The van der Waals surface area contributed by atoms with Gasteiger partial charge in [-0.15, -0.1) is 11.3 Å². The molecule has 1 aliphatic rings. The number of imide groups is 1. The van der Waals surface area contributed by atoms with Gasteiger partial charge in [-0.2, -0.15) is 0 Å². The summed E-state index contributed by atoms with van der Waals surface area (Å²) in [5, 5.41) is 4.62. The lowest BCUT2D eigenvalue weighted by atomic mass is 10.1. The molecule has 158 valence electrons. The van der Waals surface area contributed by atoms with E-state index in [-0.39, 0.29) is 6.42 Å². The van der Waals surface area contributed by atoms with Crippen molar-refractivity contribution in [2.45, 2.75) is 18.9 Å². The summed E-state index contributed by atoms with van der Waals surface area (Å²) in [6, 6.07) is 16.6. The zero-order valence-corrected chi connectivity index (χ0v) is 17.3. The number of carbonyl (C=O) groups is 3. The molecule has 1 fully saturated rings. The molecule has 0 spiro atoms. The van der Waals surface area contributed by atoms with Gasteiger partial charge in [-0.1, -0.05) is 24.3 Å². The van der Waals surface area contributed by atoms with Gasteiger partial charge in [0.25, 0.3) is 5.91 Å². The van der Waals surface area contributed by atoms with Crippen molar-refractivity contribution in [3.8, 4) is 0 Å². The first-order valence-electron chi connectivity index (χ1n) is 9.80. The van der Waals surface area contributed by atoms with Crippen LogP contribution in [0.4, 0.5) is 20.6 Å². The molecule has 0 bridgehead atoms. The van der Waals surface area contributed by atoms with Crippen molar-refractivity contribution < 1.29 is 18.8 Å². The maximum atomic E-state index is 13.2. The van der Waals surface area contributed by atoms with Crippen LogP contribution in [0, 0.1) is 5.82 Å². The van der Waals surface area contributed by atoms with Gasteiger partial charge in [0.1, 0.15) is 11.9 Å². The second-order valence-corrected chi connectivity index (χ2v) is 8.12. The largest absolute Gasteiger partial charge is 0.332 e. The predicted molar refractivity (Wildman–Crippen MR) is 117 cm³/mol. The summed E-state index contributed by atoms with van der Waals surface area (Å²) < 4.78 is 13.1. The van der Waals surface area contributed by atoms with Crippen LogP contribution < -0.4 is 10.2 Å². The molecular formula is C23H20FN3O3S. The van der Waals surface area contributed by atoms with Crippen molar-refractivity contribution in [3.05, 3.63) is 82.8 Å². The number of carbonyl (C=O) groups excluding carboxylic acids is 3. The quantitative estimate of drug-likeness (QED) is 0.561. The highest BCUT2D eigenvalue weighted by Gasteiger charge is 2.46. The Labute approximate surface area is 182 Å². The van der Waals surface area contributed by atoms with Gasteiger partial charge in [-0.3, -0.25) is 9.59 Å². The number of hydrogen-bond donors (Lipinski definition) is 1. The van der Waals surface area contributed by atoms with E-state index >= 15 is 0 Å². The van der Waals surface area contributed by atoms with Gasteiger partial charge in [0.15, 0.2) is 0 Å². The minimum Gasteiger partial charge on any atom is -0.326 e. The van der Waals surface area contributed by atoms with Crippen LogP contribution in [-0.2, 0) is 16.0 Å². The average molecular weight is 437 g/mol. The first kappa shape index (κ1) is 20.7. The summed E-state index contributed by atoms with van der Waals surface area (Å²) in [5.41, 5.74) is 0.897. The van der Waals surface area contributed by atoms with Crippen LogP contribution in [-0.4, -0.2) is 35.3 Å². The zero-order valence-electron chi connectivity index (χ0n) is 16.5. The first-order chi connectivity index (χ1) is 15.0. The molecule has 0 aliphatic carbocycles. The molecule has 2 aromatic carbocycles. The second kappa shape index (κ2) is 9.09. The lowest BCUT2D eigenvalue weighted by Gasteiger charge is -2.21. The standard InChI is InChI=1S/C23H20FN3O3S/c24-16-8-10-17(11-9-16)25-21(28)15-20-22(29)27(18-5-2-1-3-6-18)23(30)26(20)13-12-19-7-4-14-31-19/h1-11,14,20H,12-13,15H2,(H,25,28)/t20-/m0/s1. The number of halogens is 1. The van der Waals surface area contributed by atoms with Crippen LogP contribution in [0.15, 0.2) is 72.1 Å². The number of urea groups is 1. The predicted octanol–water partition coefficient (Wildman–Crippen LogP) is 4.30. The molecular weight excluding hydrogens is 417 g/mol. The molecule has 31 heavy (non-hydrogen) atoms. The second-order valence-electron chi connectivity index (χ2n) is 7.09. The van der Waals surface area contributed by atoms with E-state index in [1.165, 1.54) is 29.2 Å². The number of benzene rings is 2. The Kier molecular flexibility index (Phi) is 6.08. The first-order valence-corrected chi connectivity index (χ1v) is 10.7. The number of amides is 4. The molecule has 1 saturated heterocycles. The number of nitrogens with zero attached hydrogens (tertiary/aromatic N) is 2. The van der Waals surface area contributed by atoms with E-state index in [4.69, 9.17) is 0 Å². The van der Waals surface area contributed by atoms with E-state index in [0.717, 1.165) is 9.78 Å². The van der Waals surface area contributed by atoms with Gasteiger partial charge in [0.05, 0.1) is 12.1 Å². The van der Waals surface area contributed by atoms with Gasteiger partial charge >= 0.3 is 6.03 Å². The molecule has 4 amide bonds. The topological polar surface area (TPSA) is 69.7 Å². The third-order valence-electron chi connectivity index (χ3n) is 5.02. The number of rotatable bonds is 7. The molecule has 0 unspecified atom stereocenters. The van der Waals surface area contributed by atoms with Gasteiger partial charge in [-0.05, 0) is 54.3 Å². The molecule has 6 nitrogen and oxygen atoms in total. The summed E-state index contributed by atoms with van der Waals surface area (Å²) in [6.45, 7) is 0.322. The fourth-order valence-electron chi connectivity index (χ4n) is 3.51. The maximum Gasteiger partial charge on any atom is 0.332 e. The van der Waals surface area contributed by atoms with E-state index in [2.05, 4.69) is 5.32 Å². The van der Waals surface area contributed by atoms with Crippen molar-refractivity contribution in [2.75, 3.05) is 16.8 Å². The lowest BCUT2D eigenvalue weighted by molar-refractivity contribution is -0.124. The molecule has 3 aromatic rings. The van der Waals surface area contributed by atoms with Crippen LogP contribution in [0.1, 0.15) is 11.3 Å². The number of para-hydroxylation sites is 1. The molecule has 2 heterocycles. The van der Waals surface area contributed by atoms with Crippen LogP contribution >= 0.6 is 11.3 Å². The molecule has 1 N–H and O–H groups in total. The monoisotopic (exact) mass is 437 g/mol. The zero-order chi connectivity index (χ0) is 21.8. The Morgan fingerprint density at radius 3 is 2.42 bits per heavy atom. The molecule has 1 aromatic heterocycles. The van der Waals surface area contributed by atoms with E-state index in [0.29, 0.717) is 24.3 Å². The van der Waals surface area contributed by atoms with Gasteiger partial charge in [-0.25, -0.2) is 14.1 Å². The summed E-state index contributed by atoms with van der Waals surface area (Å²) in [6.07, 6.45) is 0.408. The molecule has 0 saturated carbocycles. The minimum absolute atomic E-state index is 0.185. The summed E-state index contributed by atoms with van der Waals surface area (Å²) in [4.78, 5) is 42.6. The Bertz CT molecular complexity index is 1070. The van der Waals surface area contributed by atoms with Crippen LogP contribution in [0.3, 0.4) is 0 Å². The van der Waals surface area contributed by atoms with Crippen molar-refractivity contribution >= 4 is 40.6 Å². The highest BCUT2D eigenvalue weighted by Crippen LogP contribution is 2.27. The third-order valence-corrected chi connectivity index (χ3v) is 5.96. The Morgan fingerprint density at radius 1 is 1.00 bits per heavy atom. The molecule has 1 atom stereocenters. The smallest absolute Gasteiger partial charge is 0.326 e. The van der Waals surface area contributed by atoms with E-state index in [9.17, 15) is 18.8 Å². The summed E-state index contributed by atoms with van der Waals surface area (Å²) in [5.74, 6) is -1.27. The molecule has 4 rings (SSSR count). The van der Waals surface area contributed by atoms with Crippen LogP contribution in [0.2, 0.25) is 0 Å². The molecule has 1 aliphatic heterocycles. The van der Waals surface area contributed by atoms with E-state index in [1.54, 1.807) is 41.7 Å². The average Bonchev–Trinajstić information content (AvgIpc) is 3.36. The van der Waals surface area contributed by atoms with Gasteiger partial charge < -0.3 is 10.2 Å². The number of anilines is 2. The highest BCUT2D eigenvalue weighted by atomic mass is 32.1. The number of thiophene rings is 1. The fourth-order valence-corrected chi connectivity index (χ4v) is 4.21. The molecule has 0 radical (unpaired) electrons. The normalized spacial score (nSPS) is 16.1. The van der Waals surface area contributed by atoms with Gasteiger partial charge in [0, 0.05) is 17.1 Å². The summed E-state index contributed by atoms with van der Waals surface area (Å²) >= 11 is 1.58. The molecule has 8 heteroatoms. The third kappa shape index (κ3) is 4.64. The fraction of sp³-hybridized carbons (Fsp3) is 0.174. The van der Waals surface area contributed by atoms with Crippen molar-refractivity contribution in [3.63, 3.8) is 0 Å². The van der Waals surface area contributed by atoms with E-state index < -0.39 is 29.7 Å². The Balaban J connectivity index is 1.53. The van der Waals surface area contributed by atoms with Crippen LogP contribution in [0.5, 0.6) is 0 Å². The number of nitrogens with one attached hydrogen (secondary N) is 1. The van der Waals surface area contributed by atoms with Crippen molar-refractivity contribution in [1.82, 2.24) is 4.90 Å². The minimum atomic E-state index is -0.909. The SMILES string of the molecule is O=C(C[C@H]1C(=O)N(c2ccccc2)C(=O)N1CCc1cccs1)Nc1ccc(F)cc1. The number of hydrogen-bond acceptors (Lipinski definition) is 4. The van der Waals surface area contributed by atoms with Crippen molar-refractivity contribution in [1.29, 1.82) is 0 Å². The van der Waals surface area contributed by atoms with Crippen molar-refractivity contribution in [2.24, 2.45) is 0 Å².